The molecular formula is C12H26N2. The minimum absolute atomic E-state index is 0.433. The summed E-state index contributed by atoms with van der Waals surface area (Å²) in [6, 6.07) is 0. The molecule has 2 nitrogen and oxygen atoms in total. The zero-order valence-electron chi connectivity index (χ0n) is 10.1. The highest BCUT2D eigenvalue weighted by atomic mass is 15.2. The number of rotatable bonds is 6. The highest BCUT2D eigenvalue weighted by molar-refractivity contribution is 4.93. The molecule has 0 aromatic heterocycles. The molecule has 2 heteroatoms. The molecule has 1 N–H and O–H groups in total. The van der Waals surface area contributed by atoms with Crippen molar-refractivity contribution >= 4 is 0 Å². The molecule has 1 fully saturated rings. The molecule has 0 aliphatic carbocycles. The van der Waals surface area contributed by atoms with Crippen LogP contribution in [0.3, 0.4) is 0 Å². The van der Waals surface area contributed by atoms with Crippen molar-refractivity contribution in [3.8, 4) is 0 Å². The van der Waals surface area contributed by atoms with Crippen LogP contribution in [0.5, 0.6) is 0 Å². The van der Waals surface area contributed by atoms with Crippen LogP contribution in [-0.2, 0) is 0 Å². The lowest BCUT2D eigenvalue weighted by Gasteiger charge is -2.33. The van der Waals surface area contributed by atoms with E-state index in [4.69, 9.17) is 0 Å². The summed E-state index contributed by atoms with van der Waals surface area (Å²) < 4.78 is 0. The standard InChI is InChI=1S/C12H26N2/c1-4-6-10-14(3)11-12(5-2)8-7-9-13-12/h13H,4-11H2,1-3H3. The van der Waals surface area contributed by atoms with E-state index in [2.05, 4.69) is 31.1 Å². The van der Waals surface area contributed by atoms with E-state index in [1.165, 1.54) is 51.7 Å². The van der Waals surface area contributed by atoms with Gasteiger partial charge in [-0.25, -0.2) is 0 Å². The van der Waals surface area contributed by atoms with E-state index < -0.39 is 0 Å². The number of likely N-dealkylation sites (N-methyl/N-ethyl adjacent to an activating group) is 1. The number of hydrogen-bond acceptors (Lipinski definition) is 2. The predicted octanol–water partition coefficient (Wildman–Crippen LogP) is 2.25. The van der Waals surface area contributed by atoms with Crippen LogP contribution in [0.15, 0.2) is 0 Å². The van der Waals surface area contributed by atoms with Gasteiger partial charge >= 0.3 is 0 Å². The van der Waals surface area contributed by atoms with Crippen LogP contribution in [0.1, 0.15) is 46.0 Å². The fraction of sp³-hybridized carbons (Fsp3) is 1.00. The van der Waals surface area contributed by atoms with E-state index in [9.17, 15) is 0 Å². The molecule has 0 amide bonds. The molecule has 1 saturated heterocycles. The Hall–Kier alpha value is -0.0800. The molecular weight excluding hydrogens is 172 g/mol. The van der Waals surface area contributed by atoms with Gasteiger partial charge in [-0.15, -0.1) is 0 Å². The van der Waals surface area contributed by atoms with Gasteiger partial charge in [0, 0.05) is 12.1 Å². The Kier molecular flexibility index (Phi) is 4.90. The summed E-state index contributed by atoms with van der Waals surface area (Å²) in [7, 11) is 2.26. The maximum absolute atomic E-state index is 3.69. The highest BCUT2D eigenvalue weighted by Crippen LogP contribution is 2.23. The molecule has 14 heavy (non-hydrogen) atoms. The molecule has 0 bridgehead atoms. The van der Waals surface area contributed by atoms with Crippen molar-refractivity contribution in [1.82, 2.24) is 10.2 Å². The normalized spacial score (nSPS) is 27.4. The molecule has 1 rings (SSSR count). The Bertz CT molecular complexity index is 150. The van der Waals surface area contributed by atoms with Gasteiger partial charge in [-0.2, -0.15) is 0 Å². The van der Waals surface area contributed by atoms with Crippen LogP contribution >= 0.6 is 0 Å². The van der Waals surface area contributed by atoms with Crippen LogP contribution in [0.25, 0.3) is 0 Å². The van der Waals surface area contributed by atoms with Crippen LogP contribution in [0, 0.1) is 0 Å². The Labute approximate surface area is 89.1 Å². The number of nitrogens with zero attached hydrogens (tertiary/aromatic N) is 1. The van der Waals surface area contributed by atoms with Gasteiger partial charge in [0.15, 0.2) is 0 Å². The van der Waals surface area contributed by atoms with Crippen LogP contribution in [0.2, 0.25) is 0 Å². The van der Waals surface area contributed by atoms with Crippen molar-refractivity contribution in [3.63, 3.8) is 0 Å². The second-order valence-corrected chi connectivity index (χ2v) is 4.76. The average Bonchev–Trinajstić information content (AvgIpc) is 2.64. The molecule has 1 aliphatic heterocycles. The van der Waals surface area contributed by atoms with Gasteiger partial charge in [0.2, 0.25) is 0 Å². The number of unbranched alkanes of at least 4 members (excludes halogenated alkanes) is 1. The molecule has 0 aromatic rings. The third-order valence-corrected chi connectivity index (χ3v) is 3.47. The summed E-state index contributed by atoms with van der Waals surface area (Å²) in [6.45, 7) is 8.27. The van der Waals surface area contributed by atoms with Gasteiger partial charge in [0.1, 0.15) is 0 Å². The molecule has 0 radical (unpaired) electrons. The molecule has 1 aliphatic rings. The van der Waals surface area contributed by atoms with Crippen molar-refractivity contribution in [2.24, 2.45) is 0 Å². The Morgan fingerprint density at radius 2 is 2.14 bits per heavy atom. The summed E-state index contributed by atoms with van der Waals surface area (Å²) >= 11 is 0. The van der Waals surface area contributed by atoms with Gasteiger partial charge in [-0.1, -0.05) is 20.3 Å². The lowest BCUT2D eigenvalue weighted by Crippen LogP contribution is -2.48. The van der Waals surface area contributed by atoms with Gasteiger partial charge in [-0.05, 0) is 45.8 Å². The van der Waals surface area contributed by atoms with Crippen molar-refractivity contribution in [1.29, 1.82) is 0 Å². The van der Waals surface area contributed by atoms with Gasteiger partial charge in [-0.3, -0.25) is 0 Å². The quantitative estimate of drug-likeness (QED) is 0.704. The van der Waals surface area contributed by atoms with E-state index in [-0.39, 0.29) is 0 Å². The van der Waals surface area contributed by atoms with E-state index in [1.54, 1.807) is 0 Å². The zero-order valence-corrected chi connectivity index (χ0v) is 10.1. The van der Waals surface area contributed by atoms with Crippen molar-refractivity contribution in [2.75, 3.05) is 26.7 Å². The van der Waals surface area contributed by atoms with Gasteiger partial charge in [0.05, 0.1) is 0 Å². The molecule has 1 unspecified atom stereocenters. The minimum Gasteiger partial charge on any atom is -0.310 e. The van der Waals surface area contributed by atoms with E-state index in [1.807, 2.05) is 0 Å². The van der Waals surface area contributed by atoms with Gasteiger partial charge < -0.3 is 10.2 Å². The van der Waals surface area contributed by atoms with Crippen LogP contribution in [-0.4, -0.2) is 37.1 Å². The van der Waals surface area contributed by atoms with E-state index in [0.29, 0.717) is 5.54 Å². The number of hydrogen-bond donors (Lipinski definition) is 1. The second kappa shape index (κ2) is 5.72. The third kappa shape index (κ3) is 3.25. The fourth-order valence-electron chi connectivity index (χ4n) is 2.44. The van der Waals surface area contributed by atoms with Crippen LogP contribution < -0.4 is 5.32 Å². The molecule has 0 aromatic carbocycles. The van der Waals surface area contributed by atoms with Crippen molar-refractivity contribution < 1.29 is 0 Å². The summed E-state index contributed by atoms with van der Waals surface area (Å²) in [5, 5.41) is 3.69. The largest absolute Gasteiger partial charge is 0.310 e. The maximum Gasteiger partial charge on any atom is 0.0306 e. The SMILES string of the molecule is CCCCN(C)CC1(CC)CCCN1. The second-order valence-electron chi connectivity index (χ2n) is 4.76. The lowest BCUT2D eigenvalue weighted by atomic mass is 9.93. The van der Waals surface area contributed by atoms with E-state index >= 15 is 0 Å². The predicted molar refractivity (Wildman–Crippen MR) is 62.7 cm³/mol. The Morgan fingerprint density at radius 1 is 1.36 bits per heavy atom. The fourth-order valence-corrected chi connectivity index (χ4v) is 2.44. The Morgan fingerprint density at radius 3 is 2.64 bits per heavy atom. The first-order chi connectivity index (χ1) is 6.72. The smallest absolute Gasteiger partial charge is 0.0306 e. The lowest BCUT2D eigenvalue weighted by molar-refractivity contribution is 0.217. The summed E-state index contributed by atoms with van der Waals surface area (Å²) in [5.41, 5.74) is 0.433. The van der Waals surface area contributed by atoms with Gasteiger partial charge in [0.25, 0.3) is 0 Å². The first kappa shape index (κ1) is 12.0. The molecule has 84 valence electrons. The molecule has 0 spiro atoms. The molecule has 0 saturated carbocycles. The van der Waals surface area contributed by atoms with E-state index in [0.717, 1.165) is 0 Å². The Balaban J connectivity index is 2.32. The summed E-state index contributed by atoms with van der Waals surface area (Å²) in [6.07, 6.45) is 6.62. The molecule has 1 heterocycles. The maximum atomic E-state index is 3.69. The summed E-state index contributed by atoms with van der Waals surface area (Å²) in [5.74, 6) is 0. The molecule has 1 atom stereocenters. The zero-order chi connectivity index (χ0) is 10.4. The third-order valence-electron chi connectivity index (χ3n) is 3.47. The first-order valence-corrected chi connectivity index (χ1v) is 6.16. The topological polar surface area (TPSA) is 15.3 Å². The van der Waals surface area contributed by atoms with Crippen molar-refractivity contribution in [2.45, 2.75) is 51.5 Å². The van der Waals surface area contributed by atoms with Crippen molar-refractivity contribution in [3.05, 3.63) is 0 Å². The number of nitrogens with one attached hydrogen (secondary N) is 1. The average molecular weight is 198 g/mol. The summed E-state index contributed by atoms with van der Waals surface area (Å²) in [4.78, 5) is 2.49. The van der Waals surface area contributed by atoms with Crippen LogP contribution in [0.4, 0.5) is 0 Å². The minimum atomic E-state index is 0.433. The first-order valence-electron chi connectivity index (χ1n) is 6.16. The highest BCUT2D eigenvalue weighted by Gasteiger charge is 2.32. The monoisotopic (exact) mass is 198 g/mol.